The molecule has 0 aliphatic carbocycles. The van der Waals surface area contributed by atoms with E-state index in [2.05, 4.69) is 5.10 Å². The zero-order chi connectivity index (χ0) is 10.6. The van der Waals surface area contributed by atoms with Crippen molar-refractivity contribution in [3.8, 4) is 0 Å². The van der Waals surface area contributed by atoms with Gasteiger partial charge in [-0.2, -0.15) is 18.3 Å². The molecule has 76 valence electrons. The number of nitrogens with zero attached hydrogens (tertiary/aromatic N) is 1. The van der Waals surface area contributed by atoms with Gasteiger partial charge in [0, 0.05) is 4.90 Å². The Morgan fingerprint density at radius 3 is 2.21 bits per heavy atom. The second kappa shape index (κ2) is 4.36. The average molecular weight is 220 g/mol. The second-order valence-corrected chi connectivity index (χ2v) is 3.53. The van der Waals surface area contributed by atoms with E-state index in [0.717, 1.165) is 0 Å². The Morgan fingerprint density at radius 2 is 1.79 bits per heavy atom. The summed E-state index contributed by atoms with van der Waals surface area (Å²) in [6, 6.07) is 5.78. The van der Waals surface area contributed by atoms with E-state index in [1.165, 1.54) is 30.5 Å². The normalized spacial score (nSPS) is 12.2. The van der Waals surface area contributed by atoms with E-state index in [1.807, 2.05) is 0 Å². The quantitative estimate of drug-likeness (QED) is 0.360. The second-order valence-electron chi connectivity index (χ2n) is 2.40. The third-order valence-electron chi connectivity index (χ3n) is 1.34. The minimum atomic E-state index is -4.25. The van der Waals surface area contributed by atoms with Gasteiger partial charge >= 0.3 is 5.51 Å². The standard InChI is InChI=1S/C8H7F3N2S/c9-8(10,11)14-7-3-1-6(2-4-7)5-13-12/h1-5H,12H2. The lowest BCUT2D eigenvalue weighted by Crippen LogP contribution is -1.98. The van der Waals surface area contributed by atoms with Crippen LogP contribution in [0, 0.1) is 0 Å². The van der Waals surface area contributed by atoms with Crippen molar-refractivity contribution in [2.75, 3.05) is 0 Å². The molecule has 0 aliphatic heterocycles. The number of hydrogen-bond acceptors (Lipinski definition) is 3. The van der Waals surface area contributed by atoms with Gasteiger partial charge in [0.1, 0.15) is 0 Å². The topological polar surface area (TPSA) is 38.4 Å². The molecule has 6 heteroatoms. The maximum atomic E-state index is 11.9. The number of hydrazone groups is 1. The first-order valence-corrected chi connectivity index (χ1v) is 4.42. The average Bonchev–Trinajstić information content (AvgIpc) is 2.06. The Bertz CT molecular complexity index is 318. The molecular weight excluding hydrogens is 213 g/mol. The van der Waals surface area contributed by atoms with Crippen LogP contribution in [0.25, 0.3) is 0 Å². The van der Waals surface area contributed by atoms with Crippen LogP contribution < -0.4 is 5.84 Å². The van der Waals surface area contributed by atoms with Crippen molar-refractivity contribution in [3.63, 3.8) is 0 Å². The summed E-state index contributed by atoms with van der Waals surface area (Å²) in [5, 5.41) is 3.26. The van der Waals surface area contributed by atoms with Crippen LogP contribution >= 0.6 is 11.8 Å². The lowest BCUT2D eigenvalue weighted by atomic mass is 10.2. The number of halogens is 3. The molecule has 0 unspecified atom stereocenters. The fraction of sp³-hybridized carbons (Fsp3) is 0.125. The highest BCUT2D eigenvalue weighted by atomic mass is 32.2. The predicted octanol–water partition coefficient (Wildman–Crippen LogP) is 2.59. The van der Waals surface area contributed by atoms with Crippen molar-refractivity contribution >= 4 is 18.0 Å². The van der Waals surface area contributed by atoms with E-state index in [9.17, 15) is 13.2 Å². The van der Waals surface area contributed by atoms with Crippen LogP contribution in [0.15, 0.2) is 34.3 Å². The zero-order valence-electron chi connectivity index (χ0n) is 6.95. The highest BCUT2D eigenvalue weighted by Crippen LogP contribution is 2.36. The van der Waals surface area contributed by atoms with Crippen molar-refractivity contribution in [3.05, 3.63) is 29.8 Å². The predicted molar refractivity (Wildman–Crippen MR) is 50.1 cm³/mol. The Morgan fingerprint density at radius 1 is 1.21 bits per heavy atom. The molecule has 1 aromatic carbocycles. The van der Waals surface area contributed by atoms with Gasteiger partial charge < -0.3 is 5.84 Å². The molecule has 0 saturated carbocycles. The maximum absolute atomic E-state index is 11.9. The van der Waals surface area contributed by atoms with Crippen molar-refractivity contribution in [1.82, 2.24) is 0 Å². The molecule has 0 bridgehead atoms. The highest BCUT2D eigenvalue weighted by molar-refractivity contribution is 8.00. The van der Waals surface area contributed by atoms with Crippen LogP contribution in [0.4, 0.5) is 13.2 Å². The van der Waals surface area contributed by atoms with Crippen molar-refractivity contribution in [2.45, 2.75) is 10.4 Å². The molecule has 0 heterocycles. The van der Waals surface area contributed by atoms with Crippen LogP contribution in [0.1, 0.15) is 5.56 Å². The van der Waals surface area contributed by atoms with Gasteiger partial charge in [-0.15, -0.1) is 0 Å². The van der Waals surface area contributed by atoms with E-state index in [-0.39, 0.29) is 16.7 Å². The van der Waals surface area contributed by atoms with Gasteiger partial charge in [0.05, 0.1) is 6.21 Å². The summed E-state index contributed by atoms with van der Waals surface area (Å²) < 4.78 is 35.7. The molecule has 1 rings (SSSR count). The van der Waals surface area contributed by atoms with E-state index in [0.29, 0.717) is 5.56 Å². The molecule has 0 aliphatic rings. The molecule has 14 heavy (non-hydrogen) atoms. The SMILES string of the molecule is NN=Cc1ccc(SC(F)(F)F)cc1. The molecule has 0 saturated heterocycles. The summed E-state index contributed by atoms with van der Waals surface area (Å²) in [6.45, 7) is 0. The molecule has 0 amide bonds. The first-order valence-electron chi connectivity index (χ1n) is 3.60. The molecule has 0 radical (unpaired) electrons. The Kier molecular flexibility index (Phi) is 3.40. The van der Waals surface area contributed by atoms with E-state index < -0.39 is 5.51 Å². The maximum Gasteiger partial charge on any atom is 0.446 e. The minimum absolute atomic E-state index is 0.145. The van der Waals surface area contributed by atoms with Crippen LogP contribution in [0.5, 0.6) is 0 Å². The summed E-state index contributed by atoms with van der Waals surface area (Å²) in [6.07, 6.45) is 1.36. The third-order valence-corrected chi connectivity index (χ3v) is 2.08. The third kappa shape index (κ3) is 3.69. The highest BCUT2D eigenvalue weighted by Gasteiger charge is 2.28. The fourth-order valence-corrected chi connectivity index (χ4v) is 1.38. The number of alkyl halides is 3. The number of nitrogens with two attached hydrogens (primary N) is 1. The number of hydrogen-bond donors (Lipinski definition) is 1. The van der Waals surface area contributed by atoms with Gasteiger partial charge in [-0.25, -0.2) is 0 Å². The van der Waals surface area contributed by atoms with Gasteiger partial charge in [-0.05, 0) is 29.5 Å². The summed E-state index contributed by atoms with van der Waals surface area (Å²) in [5.74, 6) is 4.88. The molecule has 2 N–H and O–H groups in total. The summed E-state index contributed by atoms with van der Waals surface area (Å²) in [4.78, 5) is 0.145. The molecule has 0 atom stereocenters. The molecule has 0 aromatic heterocycles. The monoisotopic (exact) mass is 220 g/mol. The number of rotatable bonds is 2. The summed E-state index contributed by atoms with van der Waals surface area (Å²) in [5.41, 5.74) is -3.58. The van der Waals surface area contributed by atoms with Crippen molar-refractivity contribution in [1.29, 1.82) is 0 Å². The summed E-state index contributed by atoms with van der Waals surface area (Å²) in [7, 11) is 0. The van der Waals surface area contributed by atoms with Gasteiger partial charge in [0.2, 0.25) is 0 Å². The van der Waals surface area contributed by atoms with Crippen LogP contribution in [-0.2, 0) is 0 Å². The van der Waals surface area contributed by atoms with Crippen molar-refractivity contribution < 1.29 is 13.2 Å². The van der Waals surface area contributed by atoms with E-state index in [4.69, 9.17) is 5.84 Å². The van der Waals surface area contributed by atoms with Crippen LogP contribution in [-0.4, -0.2) is 11.7 Å². The molecule has 0 fully saturated rings. The lowest BCUT2D eigenvalue weighted by Gasteiger charge is -2.04. The van der Waals surface area contributed by atoms with Gasteiger partial charge in [-0.1, -0.05) is 12.1 Å². The number of benzene rings is 1. The van der Waals surface area contributed by atoms with E-state index in [1.54, 1.807) is 0 Å². The minimum Gasteiger partial charge on any atom is -0.323 e. The molecule has 2 nitrogen and oxygen atoms in total. The first-order chi connectivity index (χ1) is 6.51. The Labute approximate surface area is 83.0 Å². The number of thioether (sulfide) groups is 1. The fourth-order valence-electron chi connectivity index (χ4n) is 0.842. The summed E-state index contributed by atoms with van der Waals surface area (Å²) >= 11 is -0.148. The van der Waals surface area contributed by atoms with Crippen molar-refractivity contribution in [2.24, 2.45) is 10.9 Å². The van der Waals surface area contributed by atoms with Gasteiger partial charge in [0.25, 0.3) is 0 Å². The first kappa shape index (κ1) is 10.9. The smallest absolute Gasteiger partial charge is 0.323 e. The molecular formula is C8H7F3N2S. The van der Waals surface area contributed by atoms with Gasteiger partial charge in [0.15, 0.2) is 0 Å². The Hall–Kier alpha value is -1.17. The van der Waals surface area contributed by atoms with Crippen LogP contribution in [0.3, 0.4) is 0 Å². The molecule has 0 spiro atoms. The lowest BCUT2D eigenvalue weighted by molar-refractivity contribution is -0.0328. The van der Waals surface area contributed by atoms with Gasteiger partial charge in [-0.3, -0.25) is 0 Å². The molecule has 1 aromatic rings. The Balaban J connectivity index is 2.74. The van der Waals surface area contributed by atoms with E-state index >= 15 is 0 Å². The zero-order valence-corrected chi connectivity index (χ0v) is 7.77. The largest absolute Gasteiger partial charge is 0.446 e. The van der Waals surface area contributed by atoms with Crippen LogP contribution in [0.2, 0.25) is 0 Å².